The van der Waals surface area contributed by atoms with Crippen LogP contribution in [0.2, 0.25) is 5.02 Å². The number of anilines is 1. The molecule has 0 aliphatic heterocycles. The minimum Gasteiger partial charge on any atom is -0.354 e. The Bertz CT molecular complexity index is 1790. The molecule has 0 aromatic heterocycles. The molecule has 0 bridgehead atoms. The lowest BCUT2D eigenvalue weighted by atomic mass is 10.0. The SMILES string of the molecule is CCCNC(=O)[C@H](Cc1ccccc1)N(Cc1ccccc1C)C(=O)CN(c1ccc(Cl)c(C(F)(F)F)c1)S(=O)(=O)c1ccccc1. The average molecular weight is 686 g/mol. The van der Waals surface area contributed by atoms with Gasteiger partial charge in [-0.05, 0) is 60.4 Å². The first-order valence-corrected chi connectivity index (χ1v) is 16.7. The minimum absolute atomic E-state index is 0.0593. The lowest BCUT2D eigenvalue weighted by Crippen LogP contribution is -2.53. The van der Waals surface area contributed by atoms with Crippen LogP contribution in [-0.4, -0.2) is 44.3 Å². The summed E-state index contributed by atoms with van der Waals surface area (Å²) >= 11 is 5.87. The maximum Gasteiger partial charge on any atom is 0.417 e. The smallest absolute Gasteiger partial charge is 0.354 e. The van der Waals surface area contributed by atoms with Crippen molar-refractivity contribution in [3.63, 3.8) is 0 Å². The topological polar surface area (TPSA) is 86.8 Å². The fraction of sp³-hybridized carbons (Fsp3) is 0.257. The van der Waals surface area contributed by atoms with Crippen LogP contribution in [0.25, 0.3) is 0 Å². The molecule has 0 aliphatic carbocycles. The van der Waals surface area contributed by atoms with Gasteiger partial charge in [0.25, 0.3) is 10.0 Å². The van der Waals surface area contributed by atoms with E-state index < -0.39 is 56.9 Å². The Balaban J connectivity index is 1.86. The van der Waals surface area contributed by atoms with E-state index >= 15 is 0 Å². The third-order valence-electron chi connectivity index (χ3n) is 7.58. The van der Waals surface area contributed by atoms with Crippen molar-refractivity contribution < 1.29 is 31.2 Å². The molecule has 4 rings (SSSR count). The Kier molecular flexibility index (Phi) is 11.7. The summed E-state index contributed by atoms with van der Waals surface area (Å²) in [5.41, 5.74) is 0.636. The van der Waals surface area contributed by atoms with Crippen LogP contribution in [0.4, 0.5) is 18.9 Å². The zero-order valence-corrected chi connectivity index (χ0v) is 27.4. The quantitative estimate of drug-likeness (QED) is 0.164. The molecule has 4 aromatic rings. The van der Waals surface area contributed by atoms with Crippen LogP contribution < -0.4 is 9.62 Å². The average Bonchev–Trinajstić information content (AvgIpc) is 3.05. The summed E-state index contributed by atoms with van der Waals surface area (Å²) in [4.78, 5) is 29.3. The summed E-state index contributed by atoms with van der Waals surface area (Å²) in [5.74, 6) is -1.23. The Morgan fingerprint density at radius 2 is 1.51 bits per heavy atom. The summed E-state index contributed by atoms with van der Waals surface area (Å²) in [5, 5.41) is 2.23. The largest absolute Gasteiger partial charge is 0.417 e. The number of benzene rings is 4. The van der Waals surface area contributed by atoms with Gasteiger partial charge in [0.1, 0.15) is 12.6 Å². The lowest BCUT2D eigenvalue weighted by molar-refractivity contribution is -0.140. The van der Waals surface area contributed by atoms with Crippen molar-refractivity contribution >= 4 is 39.1 Å². The maximum atomic E-state index is 14.5. The second kappa shape index (κ2) is 15.5. The van der Waals surface area contributed by atoms with Gasteiger partial charge < -0.3 is 10.2 Å². The molecular weight excluding hydrogens is 651 g/mol. The molecule has 2 amide bonds. The number of hydrogen-bond acceptors (Lipinski definition) is 4. The Morgan fingerprint density at radius 3 is 2.13 bits per heavy atom. The Hall–Kier alpha value is -4.35. The monoisotopic (exact) mass is 685 g/mol. The van der Waals surface area contributed by atoms with E-state index in [0.29, 0.717) is 28.9 Å². The molecule has 248 valence electrons. The van der Waals surface area contributed by atoms with Gasteiger partial charge in [-0.3, -0.25) is 13.9 Å². The van der Waals surface area contributed by atoms with Crippen LogP contribution in [0, 0.1) is 6.92 Å². The van der Waals surface area contributed by atoms with E-state index in [9.17, 15) is 31.2 Å². The van der Waals surface area contributed by atoms with Gasteiger partial charge in [0.2, 0.25) is 11.8 Å². The van der Waals surface area contributed by atoms with Crippen molar-refractivity contribution in [1.29, 1.82) is 0 Å². The highest BCUT2D eigenvalue weighted by molar-refractivity contribution is 7.92. The first-order chi connectivity index (χ1) is 22.3. The van der Waals surface area contributed by atoms with Crippen LogP contribution in [0.15, 0.2) is 108 Å². The van der Waals surface area contributed by atoms with Gasteiger partial charge in [-0.2, -0.15) is 13.2 Å². The number of halogens is 4. The number of hydrogen-bond donors (Lipinski definition) is 1. The number of alkyl halides is 3. The number of carbonyl (C=O) groups is 2. The van der Waals surface area contributed by atoms with Crippen molar-refractivity contribution in [2.24, 2.45) is 0 Å². The fourth-order valence-corrected chi connectivity index (χ4v) is 6.68. The van der Waals surface area contributed by atoms with Gasteiger partial charge >= 0.3 is 6.18 Å². The molecule has 0 spiro atoms. The molecule has 0 saturated heterocycles. The summed E-state index contributed by atoms with van der Waals surface area (Å²) < 4.78 is 70.5. The van der Waals surface area contributed by atoms with Gasteiger partial charge in [0.15, 0.2) is 0 Å². The van der Waals surface area contributed by atoms with E-state index in [1.807, 2.05) is 44.2 Å². The molecule has 7 nitrogen and oxygen atoms in total. The highest BCUT2D eigenvalue weighted by Gasteiger charge is 2.37. The second-order valence-corrected chi connectivity index (χ2v) is 13.2. The summed E-state index contributed by atoms with van der Waals surface area (Å²) in [6.07, 6.45) is -4.15. The molecule has 0 radical (unpaired) electrons. The third-order valence-corrected chi connectivity index (χ3v) is 9.69. The molecule has 4 aromatic carbocycles. The number of sulfonamides is 1. The zero-order chi connectivity index (χ0) is 34.2. The number of amides is 2. The Morgan fingerprint density at radius 1 is 0.894 bits per heavy atom. The fourth-order valence-electron chi connectivity index (χ4n) is 5.03. The number of carbonyl (C=O) groups excluding carboxylic acids is 2. The van der Waals surface area contributed by atoms with Crippen LogP contribution in [0.1, 0.15) is 35.6 Å². The van der Waals surface area contributed by atoms with Crippen molar-refractivity contribution in [1.82, 2.24) is 10.2 Å². The van der Waals surface area contributed by atoms with Crippen LogP contribution >= 0.6 is 11.6 Å². The van der Waals surface area contributed by atoms with Crippen molar-refractivity contribution in [3.05, 3.63) is 130 Å². The van der Waals surface area contributed by atoms with E-state index in [-0.39, 0.29) is 17.9 Å². The highest BCUT2D eigenvalue weighted by Crippen LogP contribution is 2.38. The van der Waals surface area contributed by atoms with Crippen LogP contribution in [0.3, 0.4) is 0 Å². The predicted molar refractivity (Wildman–Crippen MR) is 176 cm³/mol. The van der Waals surface area contributed by atoms with Gasteiger partial charge in [-0.25, -0.2) is 8.42 Å². The standard InChI is InChI=1S/C35H35ClF3N3O4S/c1-3-20-40-34(44)32(21-26-13-6-4-7-14-26)41(23-27-15-11-10-12-25(27)2)33(43)24-42(47(45,46)29-16-8-5-9-17-29)28-18-19-31(36)30(22-28)35(37,38)39/h4-19,22,32H,3,20-21,23-24H2,1-2H3,(H,40,44)/t32-/m0/s1. The number of nitrogens with one attached hydrogen (secondary N) is 1. The zero-order valence-electron chi connectivity index (χ0n) is 25.9. The normalized spacial score (nSPS) is 12.3. The van der Waals surface area contributed by atoms with Gasteiger partial charge in [-0.1, -0.05) is 91.3 Å². The number of nitrogens with zero attached hydrogens (tertiary/aromatic N) is 2. The highest BCUT2D eigenvalue weighted by atomic mass is 35.5. The van der Waals surface area contributed by atoms with E-state index in [4.69, 9.17) is 11.6 Å². The summed E-state index contributed by atoms with van der Waals surface area (Å²) in [7, 11) is -4.58. The third kappa shape index (κ3) is 8.93. The molecule has 0 aliphatic rings. The first kappa shape index (κ1) is 35.5. The van der Waals surface area contributed by atoms with Crippen LogP contribution in [0.5, 0.6) is 0 Å². The number of rotatable bonds is 13. The van der Waals surface area contributed by atoms with Gasteiger partial charge in [0, 0.05) is 19.5 Å². The molecule has 0 fully saturated rings. The molecule has 1 atom stereocenters. The van der Waals surface area contributed by atoms with Gasteiger partial charge in [0.05, 0.1) is 21.2 Å². The predicted octanol–water partition coefficient (Wildman–Crippen LogP) is 7.03. The maximum absolute atomic E-state index is 14.5. The molecule has 47 heavy (non-hydrogen) atoms. The molecule has 0 heterocycles. The molecular formula is C35H35ClF3N3O4S. The first-order valence-electron chi connectivity index (χ1n) is 14.9. The van der Waals surface area contributed by atoms with E-state index in [0.717, 1.165) is 23.3 Å². The summed E-state index contributed by atoms with van der Waals surface area (Å²) in [6.45, 7) is 3.12. The minimum atomic E-state index is -4.89. The second-order valence-electron chi connectivity index (χ2n) is 10.9. The van der Waals surface area contributed by atoms with Crippen molar-refractivity contribution in [3.8, 4) is 0 Å². The van der Waals surface area contributed by atoms with E-state index in [1.165, 1.54) is 29.2 Å². The molecule has 0 unspecified atom stereocenters. The lowest BCUT2D eigenvalue weighted by Gasteiger charge is -2.34. The molecule has 0 saturated carbocycles. The van der Waals surface area contributed by atoms with Crippen LogP contribution in [-0.2, 0) is 38.8 Å². The van der Waals surface area contributed by atoms with Crippen molar-refractivity contribution in [2.75, 3.05) is 17.4 Å². The molecule has 1 N–H and O–H groups in total. The van der Waals surface area contributed by atoms with Gasteiger partial charge in [-0.15, -0.1) is 0 Å². The molecule has 12 heteroatoms. The Labute approximate surface area is 278 Å². The van der Waals surface area contributed by atoms with E-state index in [1.54, 1.807) is 30.3 Å². The van der Waals surface area contributed by atoms with Crippen molar-refractivity contribution in [2.45, 2.75) is 50.3 Å². The van der Waals surface area contributed by atoms with E-state index in [2.05, 4.69) is 5.32 Å². The number of aryl methyl sites for hydroxylation is 1. The summed E-state index contributed by atoms with van der Waals surface area (Å²) in [6, 6.07) is 25.0.